The molecule has 0 amide bonds. The first-order chi connectivity index (χ1) is 20.6. The number of nitrogens with zero attached hydrogens (tertiary/aromatic N) is 5. The molecule has 0 saturated carbocycles. The Hall–Kier alpha value is -4.65. The van der Waals surface area contributed by atoms with Gasteiger partial charge in [-0.3, -0.25) is 9.78 Å². The third kappa shape index (κ3) is 3.83. The molecule has 2 atom stereocenters. The fraction of sp³-hybridized carbons (Fsp3) is 0.333. The Morgan fingerprint density at radius 1 is 1.16 bits per heavy atom. The van der Waals surface area contributed by atoms with E-state index >= 15 is 8.78 Å². The number of rotatable bonds is 5. The van der Waals surface area contributed by atoms with E-state index in [-0.39, 0.29) is 36.0 Å². The molecule has 7 rings (SSSR count). The highest BCUT2D eigenvalue weighted by atomic mass is 19.2. The zero-order valence-electron chi connectivity index (χ0n) is 23.6. The number of carboxylic acid groups (broad SMARTS) is 1. The molecule has 5 heterocycles. The Bertz CT molecular complexity index is 1930. The average Bonchev–Trinajstić information content (AvgIpc) is 3.62. The molecule has 0 bridgehead atoms. The molecule has 3 N–H and O–H groups in total. The number of pyridine rings is 3. The Morgan fingerprint density at radius 3 is 2.67 bits per heavy atom. The van der Waals surface area contributed by atoms with Gasteiger partial charge in [-0.2, -0.15) is 0 Å². The number of likely N-dealkylation sites (tertiary alicyclic amines) is 1. The van der Waals surface area contributed by atoms with Gasteiger partial charge in [-0.05, 0) is 18.7 Å². The van der Waals surface area contributed by atoms with Gasteiger partial charge in [-0.1, -0.05) is 0 Å². The van der Waals surface area contributed by atoms with Crippen LogP contribution in [0.15, 0.2) is 35.5 Å². The van der Waals surface area contributed by atoms with Crippen molar-refractivity contribution >= 4 is 28.4 Å². The van der Waals surface area contributed by atoms with E-state index in [0.717, 1.165) is 12.3 Å². The number of hydrogen-bond donors (Lipinski definition) is 3. The molecule has 4 aromatic rings. The fourth-order valence-corrected chi connectivity index (χ4v) is 7.06. The van der Waals surface area contributed by atoms with Crippen LogP contribution >= 0.6 is 0 Å². The monoisotopic (exact) mass is 591 g/mol. The van der Waals surface area contributed by atoms with Crippen LogP contribution in [0.2, 0.25) is 0 Å². The molecule has 1 aromatic carbocycles. The lowest BCUT2D eigenvalue weighted by atomic mass is 9.95. The molecule has 1 aliphatic carbocycles. The van der Waals surface area contributed by atoms with Crippen LogP contribution in [-0.2, 0) is 6.42 Å². The first kappa shape index (κ1) is 27.2. The van der Waals surface area contributed by atoms with E-state index in [0.29, 0.717) is 52.4 Å². The lowest BCUT2D eigenvalue weighted by Crippen LogP contribution is -2.41. The summed E-state index contributed by atoms with van der Waals surface area (Å²) in [4.78, 5) is 38.1. The van der Waals surface area contributed by atoms with Gasteiger partial charge in [0.15, 0.2) is 17.3 Å². The lowest BCUT2D eigenvalue weighted by Gasteiger charge is -2.31. The molecule has 2 saturated heterocycles. The van der Waals surface area contributed by atoms with Gasteiger partial charge in [0.25, 0.3) is 0 Å². The number of hydrogen-bond acceptors (Lipinski definition) is 8. The van der Waals surface area contributed by atoms with Crippen LogP contribution in [0.5, 0.6) is 0 Å². The summed E-state index contributed by atoms with van der Waals surface area (Å²) >= 11 is 0. The van der Waals surface area contributed by atoms with Gasteiger partial charge < -0.3 is 25.6 Å². The van der Waals surface area contributed by atoms with E-state index in [1.54, 1.807) is 20.3 Å². The third-order valence-corrected chi connectivity index (χ3v) is 8.99. The molecule has 0 radical (unpaired) electrons. The summed E-state index contributed by atoms with van der Waals surface area (Å²) in [6, 6.07) is 2.09. The van der Waals surface area contributed by atoms with E-state index in [1.165, 1.54) is 16.9 Å². The Kier molecular flexibility index (Phi) is 5.96. The van der Waals surface area contributed by atoms with Crippen LogP contribution < -0.4 is 21.1 Å². The van der Waals surface area contributed by atoms with Gasteiger partial charge in [0.2, 0.25) is 5.43 Å². The first-order valence-electron chi connectivity index (χ1n) is 13.9. The van der Waals surface area contributed by atoms with Crippen LogP contribution in [0.3, 0.4) is 0 Å². The number of carbonyl (C=O) groups is 1. The van der Waals surface area contributed by atoms with Gasteiger partial charge in [0, 0.05) is 99.2 Å². The zero-order valence-corrected chi connectivity index (χ0v) is 23.6. The summed E-state index contributed by atoms with van der Waals surface area (Å²) in [5, 5.41) is 12.6. The summed E-state index contributed by atoms with van der Waals surface area (Å²) < 4.78 is 48.2. The highest BCUT2D eigenvalue weighted by Gasteiger charge is 2.54. The number of carboxylic acids is 1. The topological polar surface area (TPSA) is 116 Å². The van der Waals surface area contributed by atoms with Crippen molar-refractivity contribution in [2.24, 2.45) is 0 Å². The molecule has 3 aliphatic rings. The fourth-order valence-electron chi connectivity index (χ4n) is 7.06. The van der Waals surface area contributed by atoms with Crippen molar-refractivity contribution in [3.8, 4) is 22.3 Å². The van der Waals surface area contributed by atoms with Crippen LogP contribution in [0.1, 0.15) is 28.0 Å². The van der Waals surface area contributed by atoms with Gasteiger partial charge in [0.05, 0.1) is 22.8 Å². The molecular weight excluding hydrogens is 563 g/mol. The number of aromatic nitrogens is 3. The maximum atomic E-state index is 16.2. The van der Waals surface area contributed by atoms with Crippen LogP contribution in [0.25, 0.3) is 33.3 Å². The number of anilines is 2. The summed E-state index contributed by atoms with van der Waals surface area (Å²) in [7, 11) is 5.04. The summed E-state index contributed by atoms with van der Waals surface area (Å²) in [5.74, 6) is -3.42. The number of nitrogens with one attached hydrogen (secondary N) is 2. The molecule has 13 heteroatoms. The Morgan fingerprint density at radius 2 is 1.95 bits per heavy atom. The van der Waals surface area contributed by atoms with Crippen LogP contribution in [-0.4, -0.2) is 83.1 Å². The third-order valence-electron chi connectivity index (χ3n) is 8.99. The predicted octanol–water partition coefficient (Wildman–Crippen LogP) is 3.45. The molecule has 0 unspecified atom stereocenters. The SMILES string of the molecule is CNc1cc(F)c(F)c2c1Cc1ncc(-c3cnc4c(c3)c(=O)c(C(=O)O)cn4NC)c(N3CC[C@@]4(F)CN(C)C[C@@H]34)c1-2. The van der Waals surface area contributed by atoms with Gasteiger partial charge in [-0.25, -0.2) is 27.6 Å². The van der Waals surface area contributed by atoms with Crippen molar-refractivity contribution < 1.29 is 23.1 Å². The summed E-state index contributed by atoms with van der Waals surface area (Å²) in [5.41, 5.74) is 3.65. The van der Waals surface area contributed by atoms with Gasteiger partial charge >= 0.3 is 5.97 Å². The molecule has 2 fully saturated rings. The molecular formula is C30H28F3N7O3. The highest BCUT2D eigenvalue weighted by molar-refractivity contribution is 5.99. The van der Waals surface area contributed by atoms with Gasteiger partial charge in [0.1, 0.15) is 11.2 Å². The minimum absolute atomic E-state index is 0.0372. The second-order valence-electron chi connectivity index (χ2n) is 11.4. The average molecular weight is 592 g/mol. The van der Waals surface area contributed by atoms with Crippen molar-refractivity contribution in [2.45, 2.75) is 24.6 Å². The predicted molar refractivity (Wildman–Crippen MR) is 156 cm³/mol. The smallest absolute Gasteiger partial charge is 0.341 e. The van der Waals surface area contributed by atoms with Crippen LogP contribution in [0.4, 0.5) is 24.5 Å². The van der Waals surface area contributed by atoms with Crippen molar-refractivity contribution in [2.75, 3.05) is 56.4 Å². The number of alkyl halides is 1. The summed E-state index contributed by atoms with van der Waals surface area (Å²) in [6.45, 7) is 1.01. The minimum atomic E-state index is -1.50. The standard InChI is InChI=1S/C30H28F3N7O3/c1-34-20-8-19(31)25(32)23-15(20)7-21-24(23)26(39-5-4-30(33)13-38(3)12-22(30)39)17(10-36-21)14-6-16-27(41)18(29(42)43)11-40(35-2)28(16)37-9-14/h6,8-11,22,34-35H,4-5,7,12-13H2,1-3H3,(H,42,43)/t22-,30-/m1/s1. The second kappa shape index (κ2) is 9.43. The largest absolute Gasteiger partial charge is 0.477 e. The van der Waals surface area contributed by atoms with E-state index in [1.807, 2.05) is 16.8 Å². The maximum absolute atomic E-state index is 16.2. The summed E-state index contributed by atoms with van der Waals surface area (Å²) in [6.07, 6.45) is 4.76. The van der Waals surface area contributed by atoms with Crippen molar-refractivity contribution in [1.29, 1.82) is 0 Å². The number of benzene rings is 1. The number of halogens is 3. The van der Waals surface area contributed by atoms with E-state index in [9.17, 15) is 19.1 Å². The van der Waals surface area contributed by atoms with E-state index in [4.69, 9.17) is 0 Å². The van der Waals surface area contributed by atoms with Crippen molar-refractivity contribution in [3.63, 3.8) is 0 Å². The number of fused-ring (bicyclic) bond motifs is 5. The lowest BCUT2D eigenvalue weighted by molar-refractivity contribution is 0.0695. The maximum Gasteiger partial charge on any atom is 0.341 e. The van der Waals surface area contributed by atoms with E-state index < -0.39 is 40.3 Å². The molecule has 222 valence electrons. The molecule has 10 nitrogen and oxygen atoms in total. The van der Waals surface area contributed by atoms with Crippen LogP contribution in [0, 0.1) is 11.6 Å². The Balaban J connectivity index is 1.53. The van der Waals surface area contributed by atoms with Crippen molar-refractivity contribution in [3.05, 3.63) is 69.4 Å². The van der Waals surface area contributed by atoms with Gasteiger partial charge in [-0.15, -0.1) is 0 Å². The molecule has 2 aliphatic heterocycles. The van der Waals surface area contributed by atoms with Crippen molar-refractivity contribution in [1.82, 2.24) is 19.5 Å². The van der Waals surface area contributed by atoms with E-state index in [2.05, 4.69) is 20.7 Å². The number of likely N-dealkylation sites (N-methyl/N-ethyl adjacent to an activating group) is 1. The molecule has 0 spiro atoms. The molecule has 43 heavy (non-hydrogen) atoms. The second-order valence-corrected chi connectivity index (χ2v) is 11.4. The normalized spacial score (nSPS) is 20.8. The number of aromatic carboxylic acids is 1. The quantitative estimate of drug-likeness (QED) is 0.283. The molecule has 3 aromatic heterocycles. The highest BCUT2D eigenvalue weighted by Crippen LogP contribution is 2.53. The first-order valence-corrected chi connectivity index (χ1v) is 13.9. The minimum Gasteiger partial charge on any atom is -0.477 e. The Labute approximate surface area is 243 Å². The zero-order chi connectivity index (χ0) is 30.4.